The van der Waals surface area contributed by atoms with Crippen LogP contribution in [0.25, 0.3) is 33.9 Å². The van der Waals surface area contributed by atoms with Gasteiger partial charge in [-0.3, -0.25) is 14.6 Å². The molecular weight excluding hydrogens is 424 g/mol. The molecule has 0 saturated heterocycles. The van der Waals surface area contributed by atoms with Crippen molar-refractivity contribution in [1.29, 1.82) is 0 Å². The largest absolute Gasteiger partial charge is 0.465 e. The van der Waals surface area contributed by atoms with Crippen LogP contribution in [-0.4, -0.2) is 45.9 Å². The molecule has 1 fully saturated rings. The summed E-state index contributed by atoms with van der Waals surface area (Å²) < 4.78 is 1.72. The Hall–Kier alpha value is -4.02. The molecule has 0 spiro atoms. The number of aromatic nitrogens is 7. The lowest BCUT2D eigenvalue weighted by Gasteiger charge is -2.21. The number of benzene rings is 1. The highest BCUT2D eigenvalue weighted by Gasteiger charge is 2.18. The van der Waals surface area contributed by atoms with E-state index in [0.717, 1.165) is 24.0 Å². The molecule has 1 aliphatic rings. The number of nitrogens with zero attached hydrogens (tertiary/aromatic N) is 5. The van der Waals surface area contributed by atoms with E-state index >= 15 is 0 Å². The molecule has 0 atom stereocenters. The van der Waals surface area contributed by atoms with Crippen molar-refractivity contribution in [2.45, 2.75) is 45.2 Å². The second-order valence-electron chi connectivity index (χ2n) is 8.31. The van der Waals surface area contributed by atoms with Crippen LogP contribution in [0.2, 0.25) is 0 Å². The summed E-state index contributed by atoms with van der Waals surface area (Å²) in [6, 6.07) is 7.52. The Kier molecular flexibility index (Phi) is 5.59. The zero-order valence-corrected chi connectivity index (χ0v) is 17.9. The maximum Gasteiger partial charge on any atom is 0.405 e. The summed E-state index contributed by atoms with van der Waals surface area (Å²) in [5.74, 6) is 1.39. The maximum atomic E-state index is 12.5. The number of amides is 1. The van der Waals surface area contributed by atoms with Crippen molar-refractivity contribution in [3.63, 3.8) is 0 Å². The van der Waals surface area contributed by atoms with Gasteiger partial charge in [0.05, 0.1) is 18.4 Å². The third-order valence-electron chi connectivity index (χ3n) is 6.02. The van der Waals surface area contributed by atoms with Gasteiger partial charge in [0.25, 0.3) is 0 Å². The molecule has 0 unspecified atom stereocenters. The van der Waals surface area contributed by atoms with E-state index in [-0.39, 0.29) is 12.2 Å². The topological polar surface area (TPSA) is 154 Å². The molecule has 33 heavy (non-hydrogen) atoms. The van der Waals surface area contributed by atoms with Gasteiger partial charge in [0.15, 0.2) is 17.1 Å². The van der Waals surface area contributed by atoms with Crippen molar-refractivity contribution >= 4 is 17.4 Å². The number of nitrogens with one attached hydrogen (secondary N) is 3. The Morgan fingerprint density at radius 3 is 2.64 bits per heavy atom. The minimum absolute atomic E-state index is 0.0508. The quantitative estimate of drug-likeness (QED) is 0.353. The van der Waals surface area contributed by atoms with Crippen LogP contribution in [-0.2, 0) is 13.1 Å². The van der Waals surface area contributed by atoms with Gasteiger partial charge in [-0.2, -0.15) is 5.10 Å². The second-order valence-corrected chi connectivity index (χ2v) is 8.31. The molecule has 0 radical (unpaired) electrons. The summed E-state index contributed by atoms with van der Waals surface area (Å²) in [5, 5.41) is 17.8. The number of hydrogen-bond donors (Lipinski definition) is 4. The summed E-state index contributed by atoms with van der Waals surface area (Å²) in [6.07, 6.45) is 6.52. The number of aromatic amines is 2. The summed E-state index contributed by atoms with van der Waals surface area (Å²) in [6.45, 7) is 0.717. The molecule has 0 aliphatic heterocycles. The van der Waals surface area contributed by atoms with Crippen LogP contribution in [0.15, 0.2) is 35.3 Å². The first-order chi connectivity index (χ1) is 16.1. The second kappa shape index (κ2) is 8.85. The average Bonchev–Trinajstić information content (AvgIpc) is 3.43. The van der Waals surface area contributed by atoms with Gasteiger partial charge in [-0.1, -0.05) is 43.5 Å². The van der Waals surface area contributed by atoms with Crippen molar-refractivity contribution in [2.24, 2.45) is 5.92 Å². The van der Waals surface area contributed by atoms with E-state index in [1.807, 2.05) is 24.3 Å². The predicted molar refractivity (Wildman–Crippen MR) is 120 cm³/mol. The number of rotatable bonds is 6. The maximum absolute atomic E-state index is 12.5. The molecule has 1 saturated carbocycles. The Morgan fingerprint density at radius 1 is 1.12 bits per heavy atom. The molecule has 1 amide bonds. The highest BCUT2D eigenvalue weighted by atomic mass is 16.4. The molecule has 11 nitrogen and oxygen atoms in total. The Bertz CT molecular complexity index is 1330. The summed E-state index contributed by atoms with van der Waals surface area (Å²) >= 11 is 0. The third-order valence-corrected chi connectivity index (χ3v) is 6.02. The molecule has 4 aromatic rings. The summed E-state index contributed by atoms with van der Waals surface area (Å²) in [5.41, 5.74) is 3.22. The first kappa shape index (κ1) is 20.9. The zero-order chi connectivity index (χ0) is 22.8. The van der Waals surface area contributed by atoms with Crippen LogP contribution in [0.3, 0.4) is 0 Å². The average molecular weight is 448 g/mol. The molecule has 11 heteroatoms. The van der Waals surface area contributed by atoms with E-state index in [2.05, 4.69) is 30.5 Å². The van der Waals surface area contributed by atoms with Crippen LogP contribution in [0.1, 0.15) is 37.9 Å². The predicted octanol–water partition coefficient (Wildman–Crippen LogP) is 2.92. The summed E-state index contributed by atoms with van der Waals surface area (Å²) in [7, 11) is 0. The zero-order valence-electron chi connectivity index (χ0n) is 17.9. The lowest BCUT2D eigenvalue weighted by Crippen LogP contribution is -2.23. The monoisotopic (exact) mass is 448 g/mol. The lowest BCUT2D eigenvalue weighted by molar-refractivity contribution is 0.193. The van der Waals surface area contributed by atoms with E-state index in [9.17, 15) is 9.59 Å². The van der Waals surface area contributed by atoms with E-state index < -0.39 is 6.09 Å². The van der Waals surface area contributed by atoms with E-state index in [0.29, 0.717) is 41.1 Å². The van der Waals surface area contributed by atoms with Crippen LogP contribution < -0.4 is 11.0 Å². The van der Waals surface area contributed by atoms with E-state index in [1.165, 1.54) is 19.3 Å². The van der Waals surface area contributed by atoms with Gasteiger partial charge in [0, 0.05) is 17.7 Å². The molecule has 3 heterocycles. The molecule has 3 aromatic heterocycles. The fourth-order valence-corrected chi connectivity index (χ4v) is 4.31. The third kappa shape index (κ3) is 4.47. The number of H-pyrrole nitrogens is 2. The molecule has 170 valence electrons. The highest BCUT2D eigenvalue weighted by molar-refractivity contribution is 5.72. The first-order valence-electron chi connectivity index (χ1n) is 11.0. The van der Waals surface area contributed by atoms with Gasteiger partial charge in [-0.05, 0) is 18.8 Å². The highest BCUT2D eigenvalue weighted by Crippen LogP contribution is 2.26. The number of hydrogen-bond acceptors (Lipinski definition) is 6. The Morgan fingerprint density at radius 2 is 1.88 bits per heavy atom. The number of carboxylic acid groups (broad SMARTS) is 1. The van der Waals surface area contributed by atoms with Gasteiger partial charge < -0.3 is 10.4 Å². The van der Waals surface area contributed by atoms with Crippen LogP contribution in [0.5, 0.6) is 0 Å². The van der Waals surface area contributed by atoms with Gasteiger partial charge in [0.1, 0.15) is 5.82 Å². The minimum Gasteiger partial charge on any atom is -0.465 e. The standard InChI is InChI=1S/C22H24N8O3/c31-21-27-19-20(30(21)12-13-4-2-1-3-5-13)25-16(10-23-19)14-6-8-15(9-7-14)18-26-17(28-29-18)11-24-22(32)33/h6-10,13,24H,1-5,11-12H2,(H,32,33)(H,23,27,31)(H,26,28,29). The molecule has 4 N–H and O–H groups in total. The SMILES string of the molecule is O=C(O)NCc1nc(-c2ccc(-c3cnc4[nH]c(=O)n(CC5CCCCC5)c4n3)cc2)n[nH]1. The minimum atomic E-state index is -1.12. The lowest BCUT2D eigenvalue weighted by atomic mass is 9.89. The van der Waals surface area contributed by atoms with E-state index in [1.54, 1.807) is 10.8 Å². The van der Waals surface area contributed by atoms with Crippen molar-refractivity contribution < 1.29 is 9.90 Å². The molecule has 5 rings (SSSR count). The van der Waals surface area contributed by atoms with Crippen LogP contribution >= 0.6 is 0 Å². The van der Waals surface area contributed by atoms with Gasteiger partial charge in [-0.15, -0.1) is 0 Å². The van der Waals surface area contributed by atoms with Gasteiger partial charge in [-0.25, -0.2) is 24.5 Å². The van der Waals surface area contributed by atoms with Crippen molar-refractivity contribution in [1.82, 2.24) is 40.0 Å². The normalized spacial score (nSPS) is 14.5. The van der Waals surface area contributed by atoms with Crippen LogP contribution in [0.4, 0.5) is 4.79 Å². The Balaban J connectivity index is 1.38. The molecule has 1 aliphatic carbocycles. The molecule has 0 bridgehead atoms. The summed E-state index contributed by atoms with van der Waals surface area (Å²) in [4.78, 5) is 39.4. The number of carbonyl (C=O) groups is 1. The molecular formula is C22H24N8O3. The van der Waals surface area contributed by atoms with Crippen molar-refractivity contribution in [2.75, 3.05) is 0 Å². The van der Waals surface area contributed by atoms with Crippen molar-refractivity contribution in [3.8, 4) is 22.6 Å². The smallest absolute Gasteiger partial charge is 0.405 e. The Labute approximate surface area is 188 Å². The molecule has 1 aromatic carbocycles. The fourth-order valence-electron chi connectivity index (χ4n) is 4.31. The first-order valence-corrected chi connectivity index (χ1v) is 11.0. The van der Waals surface area contributed by atoms with Gasteiger partial charge in [0.2, 0.25) is 0 Å². The van der Waals surface area contributed by atoms with E-state index in [4.69, 9.17) is 10.1 Å². The van der Waals surface area contributed by atoms with Crippen molar-refractivity contribution in [3.05, 3.63) is 46.8 Å². The van der Waals surface area contributed by atoms with Crippen LogP contribution in [0, 0.1) is 5.92 Å². The fraction of sp³-hybridized carbons (Fsp3) is 0.364. The number of imidazole rings is 1. The number of fused-ring (bicyclic) bond motifs is 1. The van der Waals surface area contributed by atoms with Gasteiger partial charge >= 0.3 is 11.8 Å².